The molecule has 0 saturated carbocycles. The Balaban J connectivity index is 2.11. The van der Waals surface area contributed by atoms with E-state index in [4.69, 9.17) is 4.74 Å². The molecule has 132 valence electrons. The van der Waals surface area contributed by atoms with E-state index in [1.165, 1.54) is 0 Å². The Morgan fingerprint density at radius 3 is 2.54 bits per heavy atom. The lowest BCUT2D eigenvalue weighted by atomic mass is 9.91. The van der Waals surface area contributed by atoms with Gasteiger partial charge in [-0.1, -0.05) is 19.1 Å². The highest BCUT2D eigenvalue weighted by Gasteiger charge is 2.32. The average molecular weight is 334 g/mol. The molecule has 0 aliphatic carbocycles. The van der Waals surface area contributed by atoms with E-state index in [1.54, 1.807) is 17.0 Å². The summed E-state index contributed by atoms with van der Waals surface area (Å²) >= 11 is 0. The maximum Gasteiger partial charge on any atom is 0.321 e. The van der Waals surface area contributed by atoms with E-state index in [0.29, 0.717) is 24.4 Å². The molecule has 1 aromatic rings. The monoisotopic (exact) mass is 334 g/mol. The highest BCUT2D eigenvalue weighted by molar-refractivity contribution is 5.91. The molecule has 1 heterocycles. The highest BCUT2D eigenvalue weighted by atomic mass is 16.5. The molecule has 6 heteroatoms. The molecule has 0 radical (unpaired) electrons. The Kier molecular flexibility index (Phi) is 5.36. The number of nitrogens with one attached hydrogen (secondary N) is 1. The highest BCUT2D eigenvalue weighted by Crippen LogP contribution is 2.29. The zero-order chi connectivity index (χ0) is 17.9. The Morgan fingerprint density at radius 1 is 1.25 bits per heavy atom. The molecule has 1 aromatic carbocycles. The van der Waals surface area contributed by atoms with Crippen molar-refractivity contribution in [2.24, 2.45) is 11.8 Å². The van der Waals surface area contributed by atoms with Gasteiger partial charge in [0.25, 0.3) is 0 Å². The molecule has 1 saturated heterocycles. The molecule has 1 fully saturated rings. The van der Waals surface area contributed by atoms with Crippen molar-refractivity contribution in [1.29, 1.82) is 0 Å². The maximum atomic E-state index is 12.6. The average Bonchev–Trinajstić information content (AvgIpc) is 2.47. The van der Waals surface area contributed by atoms with E-state index in [1.807, 2.05) is 39.8 Å². The molecule has 0 bridgehead atoms. The number of urea groups is 1. The van der Waals surface area contributed by atoms with Gasteiger partial charge in [0.2, 0.25) is 0 Å². The van der Waals surface area contributed by atoms with Gasteiger partial charge in [0.05, 0.1) is 11.6 Å². The summed E-state index contributed by atoms with van der Waals surface area (Å²) < 4.78 is 5.87. The number of hydrogen-bond acceptors (Lipinski definition) is 3. The number of ether oxygens (including phenoxy) is 1. The first kappa shape index (κ1) is 18.1. The van der Waals surface area contributed by atoms with Crippen LogP contribution in [0.1, 0.15) is 34.1 Å². The number of piperidine rings is 1. The number of nitrogens with zero attached hydrogens (tertiary/aromatic N) is 1. The summed E-state index contributed by atoms with van der Waals surface area (Å²) in [5.74, 6) is -0.610. The van der Waals surface area contributed by atoms with E-state index < -0.39 is 11.9 Å². The lowest BCUT2D eigenvalue weighted by Crippen LogP contribution is -2.47. The van der Waals surface area contributed by atoms with Crippen molar-refractivity contribution in [3.05, 3.63) is 24.3 Å². The molecular formula is C18H26N2O4. The van der Waals surface area contributed by atoms with Crippen molar-refractivity contribution >= 4 is 17.7 Å². The van der Waals surface area contributed by atoms with Crippen molar-refractivity contribution < 1.29 is 19.4 Å². The molecule has 0 aromatic heterocycles. The summed E-state index contributed by atoms with van der Waals surface area (Å²) in [5, 5.41) is 12.1. The fraction of sp³-hybridized carbons (Fsp3) is 0.556. The van der Waals surface area contributed by atoms with Crippen LogP contribution in [0.4, 0.5) is 10.5 Å². The number of hydrogen-bond donors (Lipinski definition) is 2. The van der Waals surface area contributed by atoms with Gasteiger partial charge < -0.3 is 20.1 Å². The van der Waals surface area contributed by atoms with Gasteiger partial charge in [-0.25, -0.2) is 4.79 Å². The number of carbonyl (C=O) groups is 2. The molecule has 6 nitrogen and oxygen atoms in total. The number of carboxylic acids is 1. The Hall–Kier alpha value is -2.24. The van der Waals surface area contributed by atoms with Crippen LogP contribution in [0.25, 0.3) is 0 Å². The van der Waals surface area contributed by atoms with Gasteiger partial charge in [-0.2, -0.15) is 0 Å². The van der Waals surface area contributed by atoms with Crippen molar-refractivity contribution in [2.75, 3.05) is 18.4 Å². The number of rotatable bonds is 3. The quantitative estimate of drug-likeness (QED) is 0.887. The van der Waals surface area contributed by atoms with E-state index in [2.05, 4.69) is 5.32 Å². The lowest BCUT2D eigenvalue weighted by Gasteiger charge is -2.34. The molecule has 1 aliphatic heterocycles. The summed E-state index contributed by atoms with van der Waals surface area (Å²) in [5.41, 5.74) is 0.206. The summed E-state index contributed by atoms with van der Waals surface area (Å²) in [6.07, 6.45) is 0.600. The number of para-hydroxylation sites is 2. The van der Waals surface area contributed by atoms with E-state index in [0.717, 1.165) is 0 Å². The zero-order valence-corrected chi connectivity index (χ0v) is 14.7. The van der Waals surface area contributed by atoms with Crippen LogP contribution in [0.3, 0.4) is 0 Å². The minimum absolute atomic E-state index is 0.159. The van der Waals surface area contributed by atoms with Gasteiger partial charge >= 0.3 is 12.0 Å². The number of benzene rings is 1. The maximum absolute atomic E-state index is 12.6. The van der Waals surface area contributed by atoms with Gasteiger partial charge in [0, 0.05) is 13.1 Å². The smallest absolute Gasteiger partial charge is 0.321 e. The molecule has 0 spiro atoms. The predicted octanol–water partition coefficient (Wildman–Crippen LogP) is 3.44. The molecule has 2 unspecified atom stereocenters. The number of amides is 2. The van der Waals surface area contributed by atoms with Gasteiger partial charge in [-0.05, 0) is 45.2 Å². The topological polar surface area (TPSA) is 78.9 Å². The van der Waals surface area contributed by atoms with Crippen LogP contribution in [0.15, 0.2) is 24.3 Å². The fourth-order valence-corrected chi connectivity index (χ4v) is 2.88. The van der Waals surface area contributed by atoms with E-state index >= 15 is 0 Å². The van der Waals surface area contributed by atoms with E-state index in [9.17, 15) is 14.7 Å². The van der Waals surface area contributed by atoms with Crippen LogP contribution in [0.5, 0.6) is 5.75 Å². The first-order valence-corrected chi connectivity index (χ1v) is 8.22. The van der Waals surface area contributed by atoms with Crippen molar-refractivity contribution in [2.45, 2.75) is 39.7 Å². The SMILES string of the molecule is CC1CC(C(=O)O)CN(C(=O)Nc2ccccc2OC(C)(C)C)C1. The molecule has 1 aliphatic rings. The third kappa shape index (κ3) is 4.88. The van der Waals surface area contributed by atoms with Crippen LogP contribution in [0, 0.1) is 11.8 Å². The second-order valence-electron chi connectivity index (χ2n) is 7.42. The van der Waals surface area contributed by atoms with Crippen LogP contribution >= 0.6 is 0 Å². The molecule has 24 heavy (non-hydrogen) atoms. The van der Waals surface area contributed by atoms with Crippen molar-refractivity contribution in [1.82, 2.24) is 4.90 Å². The van der Waals surface area contributed by atoms with E-state index in [-0.39, 0.29) is 24.1 Å². The minimum Gasteiger partial charge on any atom is -0.486 e. The van der Waals surface area contributed by atoms with Gasteiger partial charge in [0.15, 0.2) is 0 Å². The first-order chi connectivity index (χ1) is 11.2. The fourth-order valence-electron chi connectivity index (χ4n) is 2.88. The van der Waals surface area contributed by atoms with Gasteiger partial charge in [0.1, 0.15) is 11.4 Å². The summed E-state index contributed by atoms with van der Waals surface area (Å²) in [6.45, 7) is 8.57. The molecule has 2 rings (SSSR count). The Morgan fingerprint density at radius 2 is 1.92 bits per heavy atom. The lowest BCUT2D eigenvalue weighted by molar-refractivity contribution is -0.143. The van der Waals surface area contributed by atoms with Crippen molar-refractivity contribution in [3.63, 3.8) is 0 Å². The predicted molar refractivity (Wildman–Crippen MR) is 92.3 cm³/mol. The molecule has 2 atom stereocenters. The second kappa shape index (κ2) is 7.11. The second-order valence-corrected chi connectivity index (χ2v) is 7.42. The summed E-state index contributed by atoms with van der Waals surface area (Å²) in [6, 6.07) is 6.96. The Labute approximate surface area is 142 Å². The largest absolute Gasteiger partial charge is 0.486 e. The van der Waals surface area contributed by atoms with Crippen LogP contribution in [0.2, 0.25) is 0 Å². The van der Waals surface area contributed by atoms with Gasteiger partial charge in [-0.3, -0.25) is 4.79 Å². The standard InChI is InChI=1S/C18H26N2O4/c1-12-9-13(16(21)22)11-20(10-12)17(23)19-14-7-5-6-8-15(14)24-18(2,3)4/h5-8,12-13H,9-11H2,1-4H3,(H,19,23)(H,21,22). The number of anilines is 1. The van der Waals surface area contributed by atoms with Crippen LogP contribution < -0.4 is 10.1 Å². The number of aliphatic carboxylic acids is 1. The molecular weight excluding hydrogens is 308 g/mol. The number of carboxylic acid groups (broad SMARTS) is 1. The van der Waals surface area contributed by atoms with Crippen molar-refractivity contribution in [3.8, 4) is 5.75 Å². The summed E-state index contributed by atoms with van der Waals surface area (Å²) in [4.78, 5) is 25.4. The molecule has 2 amide bonds. The third-order valence-corrected chi connectivity index (χ3v) is 3.84. The number of likely N-dealkylation sites (tertiary alicyclic amines) is 1. The van der Waals surface area contributed by atoms with Crippen LogP contribution in [-0.2, 0) is 4.79 Å². The first-order valence-electron chi connectivity index (χ1n) is 8.22. The minimum atomic E-state index is -0.851. The van der Waals surface area contributed by atoms with Gasteiger partial charge in [-0.15, -0.1) is 0 Å². The zero-order valence-electron chi connectivity index (χ0n) is 14.7. The normalized spacial score (nSPS) is 21.2. The number of carbonyl (C=O) groups excluding carboxylic acids is 1. The third-order valence-electron chi connectivity index (χ3n) is 3.84. The van der Waals surface area contributed by atoms with Crippen LogP contribution in [-0.4, -0.2) is 40.7 Å². The molecule has 2 N–H and O–H groups in total. The summed E-state index contributed by atoms with van der Waals surface area (Å²) in [7, 11) is 0. The Bertz CT molecular complexity index is 609.